The zero-order chi connectivity index (χ0) is 22.9. The molecule has 0 aliphatic carbocycles. The topological polar surface area (TPSA) is 106 Å². The van der Waals surface area contributed by atoms with Gasteiger partial charge in [-0.25, -0.2) is 9.78 Å². The number of hydrogen-bond donors (Lipinski definition) is 2. The average molecular weight is 448 g/mol. The molecule has 0 bridgehead atoms. The molecule has 1 aromatic heterocycles. The number of aryl methyl sites for hydroxylation is 1. The number of benzene rings is 1. The molecule has 164 valence electrons. The van der Waals surface area contributed by atoms with Crippen molar-refractivity contribution >= 4 is 23.5 Å². The third-order valence-electron chi connectivity index (χ3n) is 3.75. The van der Waals surface area contributed by atoms with Gasteiger partial charge in [0.15, 0.2) is 0 Å². The molecule has 30 heavy (non-hydrogen) atoms. The molecule has 0 unspecified atom stereocenters. The van der Waals surface area contributed by atoms with E-state index in [-0.39, 0.29) is 5.91 Å². The SMILES string of the molecule is COc1cc(C(=O)N(CCN)Cc2ccc(Cl)nc2)ccc1C.O=C(O)C(F)(F)F. The molecule has 1 aromatic carbocycles. The molecule has 0 fully saturated rings. The van der Waals surface area contributed by atoms with E-state index >= 15 is 0 Å². The van der Waals surface area contributed by atoms with Gasteiger partial charge in [0.05, 0.1) is 7.11 Å². The quantitative estimate of drug-likeness (QED) is 0.658. The van der Waals surface area contributed by atoms with E-state index < -0.39 is 12.1 Å². The van der Waals surface area contributed by atoms with Crippen LogP contribution in [0.1, 0.15) is 21.5 Å². The monoisotopic (exact) mass is 447 g/mol. The first-order chi connectivity index (χ1) is 14.0. The lowest BCUT2D eigenvalue weighted by atomic mass is 10.1. The first kappa shape index (κ1) is 25.2. The lowest BCUT2D eigenvalue weighted by Crippen LogP contribution is -2.35. The zero-order valence-corrected chi connectivity index (χ0v) is 17.0. The normalized spacial score (nSPS) is 10.6. The van der Waals surface area contributed by atoms with Gasteiger partial charge in [-0.1, -0.05) is 23.7 Å². The second-order valence-electron chi connectivity index (χ2n) is 5.99. The Labute approximate surface area is 176 Å². The minimum absolute atomic E-state index is 0.0938. The average Bonchev–Trinajstić information content (AvgIpc) is 2.69. The Bertz CT molecular complexity index is 861. The van der Waals surface area contributed by atoms with E-state index in [2.05, 4.69) is 4.98 Å². The number of rotatable bonds is 6. The van der Waals surface area contributed by atoms with Crippen molar-refractivity contribution in [3.8, 4) is 5.75 Å². The molecule has 1 amide bonds. The van der Waals surface area contributed by atoms with Crippen molar-refractivity contribution in [3.05, 3.63) is 58.4 Å². The van der Waals surface area contributed by atoms with Gasteiger partial charge in [-0.15, -0.1) is 0 Å². The van der Waals surface area contributed by atoms with Gasteiger partial charge in [0.2, 0.25) is 0 Å². The van der Waals surface area contributed by atoms with Crippen LogP contribution in [0.4, 0.5) is 13.2 Å². The summed E-state index contributed by atoms with van der Waals surface area (Å²) in [5, 5.41) is 7.55. The molecule has 0 aliphatic rings. The lowest BCUT2D eigenvalue weighted by Gasteiger charge is -2.22. The molecular formula is C19H21ClF3N3O4. The number of pyridine rings is 1. The Morgan fingerprint density at radius 3 is 2.37 bits per heavy atom. The summed E-state index contributed by atoms with van der Waals surface area (Å²) in [4.78, 5) is 27.4. The number of amides is 1. The van der Waals surface area contributed by atoms with Crippen LogP contribution in [-0.2, 0) is 11.3 Å². The van der Waals surface area contributed by atoms with Crippen molar-refractivity contribution in [2.75, 3.05) is 20.2 Å². The van der Waals surface area contributed by atoms with Crippen LogP contribution >= 0.6 is 11.6 Å². The van der Waals surface area contributed by atoms with Crippen molar-refractivity contribution in [2.24, 2.45) is 5.73 Å². The molecule has 7 nitrogen and oxygen atoms in total. The first-order valence-corrected chi connectivity index (χ1v) is 8.92. The highest BCUT2D eigenvalue weighted by Crippen LogP contribution is 2.20. The lowest BCUT2D eigenvalue weighted by molar-refractivity contribution is -0.192. The molecule has 0 spiro atoms. The molecule has 2 aromatic rings. The zero-order valence-electron chi connectivity index (χ0n) is 16.2. The highest BCUT2D eigenvalue weighted by atomic mass is 35.5. The molecule has 0 radical (unpaired) electrons. The van der Waals surface area contributed by atoms with Gasteiger partial charge >= 0.3 is 12.1 Å². The summed E-state index contributed by atoms with van der Waals surface area (Å²) < 4.78 is 37.0. The molecule has 2 rings (SSSR count). The predicted octanol–water partition coefficient (Wildman–Crippen LogP) is 3.29. The van der Waals surface area contributed by atoms with Gasteiger partial charge in [0.1, 0.15) is 10.9 Å². The number of carboxylic acid groups (broad SMARTS) is 1. The van der Waals surface area contributed by atoms with Gasteiger partial charge in [0.25, 0.3) is 5.91 Å². The van der Waals surface area contributed by atoms with Crippen molar-refractivity contribution in [1.29, 1.82) is 0 Å². The second kappa shape index (κ2) is 11.4. The van der Waals surface area contributed by atoms with Crippen LogP contribution in [0, 0.1) is 6.92 Å². The number of carbonyl (C=O) groups excluding carboxylic acids is 1. The number of nitrogens with two attached hydrogens (primary N) is 1. The molecule has 1 heterocycles. The van der Waals surface area contributed by atoms with Crippen LogP contribution in [0.25, 0.3) is 0 Å². The standard InChI is InChI=1S/C17H20ClN3O2.C2HF3O2/c1-12-3-5-14(9-15(12)23-2)17(22)21(8-7-19)11-13-4-6-16(18)20-10-13;3-2(4,5)1(6)7/h3-6,9-10H,7-8,11,19H2,1-2H3;(H,6,7). The summed E-state index contributed by atoms with van der Waals surface area (Å²) in [6, 6.07) is 8.97. The largest absolute Gasteiger partial charge is 0.496 e. The van der Waals surface area contributed by atoms with Crippen LogP contribution in [-0.4, -0.2) is 53.2 Å². The number of ether oxygens (including phenoxy) is 1. The molecule has 3 N–H and O–H groups in total. The van der Waals surface area contributed by atoms with Crippen molar-refractivity contribution < 1.29 is 32.6 Å². The minimum Gasteiger partial charge on any atom is -0.496 e. The van der Waals surface area contributed by atoms with Crippen LogP contribution in [0.5, 0.6) is 5.75 Å². The van der Waals surface area contributed by atoms with Gasteiger partial charge in [-0.05, 0) is 36.2 Å². The van der Waals surface area contributed by atoms with Crippen molar-refractivity contribution in [1.82, 2.24) is 9.88 Å². The maximum atomic E-state index is 12.8. The van der Waals surface area contributed by atoms with Crippen LogP contribution in [0.3, 0.4) is 0 Å². The van der Waals surface area contributed by atoms with E-state index in [0.29, 0.717) is 36.1 Å². The number of carboxylic acids is 1. The highest BCUT2D eigenvalue weighted by molar-refractivity contribution is 6.29. The third-order valence-corrected chi connectivity index (χ3v) is 3.97. The maximum absolute atomic E-state index is 12.8. The number of hydrogen-bond acceptors (Lipinski definition) is 5. The fourth-order valence-corrected chi connectivity index (χ4v) is 2.38. The van der Waals surface area contributed by atoms with E-state index in [1.54, 1.807) is 36.4 Å². The van der Waals surface area contributed by atoms with Crippen molar-refractivity contribution in [3.63, 3.8) is 0 Å². The van der Waals surface area contributed by atoms with E-state index in [1.165, 1.54) is 0 Å². The van der Waals surface area contributed by atoms with Gasteiger partial charge < -0.3 is 20.5 Å². The molecule has 0 aliphatic heterocycles. The number of aromatic nitrogens is 1. The summed E-state index contributed by atoms with van der Waals surface area (Å²) in [6.07, 6.45) is -3.42. The Balaban J connectivity index is 0.000000553. The van der Waals surface area contributed by atoms with Crippen molar-refractivity contribution in [2.45, 2.75) is 19.6 Å². The molecule has 0 saturated carbocycles. The van der Waals surface area contributed by atoms with E-state index in [0.717, 1.165) is 11.1 Å². The number of carbonyl (C=O) groups is 2. The number of halogens is 4. The summed E-state index contributed by atoms with van der Waals surface area (Å²) in [7, 11) is 1.59. The molecule has 0 saturated heterocycles. The summed E-state index contributed by atoms with van der Waals surface area (Å²) in [5.41, 5.74) is 8.10. The third kappa shape index (κ3) is 7.88. The van der Waals surface area contributed by atoms with Crippen LogP contribution in [0.15, 0.2) is 36.5 Å². The number of alkyl halides is 3. The smallest absolute Gasteiger partial charge is 0.490 e. The van der Waals surface area contributed by atoms with E-state index in [9.17, 15) is 18.0 Å². The Morgan fingerprint density at radius 2 is 1.90 bits per heavy atom. The Hall–Kier alpha value is -2.85. The van der Waals surface area contributed by atoms with E-state index in [1.807, 2.05) is 19.1 Å². The minimum atomic E-state index is -5.08. The molecule has 0 atom stereocenters. The van der Waals surface area contributed by atoms with Gasteiger partial charge in [-0.2, -0.15) is 13.2 Å². The Kier molecular flexibility index (Phi) is 9.54. The highest BCUT2D eigenvalue weighted by Gasteiger charge is 2.38. The number of methoxy groups -OCH3 is 1. The van der Waals surface area contributed by atoms with Crippen LogP contribution < -0.4 is 10.5 Å². The predicted molar refractivity (Wildman–Crippen MR) is 104 cm³/mol. The van der Waals surface area contributed by atoms with Gasteiger partial charge in [0, 0.05) is 31.4 Å². The molecule has 11 heteroatoms. The second-order valence-corrected chi connectivity index (χ2v) is 6.38. The van der Waals surface area contributed by atoms with Gasteiger partial charge in [-0.3, -0.25) is 4.79 Å². The summed E-state index contributed by atoms with van der Waals surface area (Å²) in [5.74, 6) is -2.16. The molecular weight excluding hydrogens is 427 g/mol. The summed E-state index contributed by atoms with van der Waals surface area (Å²) in [6.45, 7) is 3.20. The first-order valence-electron chi connectivity index (χ1n) is 8.54. The van der Waals surface area contributed by atoms with Crippen LogP contribution in [0.2, 0.25) is 5.15 Å². The number of aliphatic carboxylic acids is 1. The number of nitrogens with zero attached hydrogens (tertiary/aromatic N) is 2. The van der Waals surface area contributed by atoms with E-state index in [4.69, 9.17) is 32.0 Å². The summed E-state index contributed by atoms with van der Waals surface area (Å²) >= 11 is 5.79. The Morgan fingerprint density at radius 1 is 1.27 bits per heavy atom. The fourth-order valence-electron chi connectivity index (χ4n) is 2.26. The fraction of sp³-hybridized carbons (Fsp3) is 0.316. The maximum Gasteiger partial charge on any atom is 0.490 e.